The molecule has 0 unspecified atom stereocenters. The van der Waals surface area contributed by atoms with E-state index in [1.54, 1.807) is 0 Å². The molecule has 0 atom stereocenters. The van der Waals surface area contributed by atoms with E-state index in [0.29, 0.717) is 11.8 Å². The fourth-order valence-corrected chi connectivity index (χ4v) is 3.38. The Balaban J connectivity index is 1.54. The second kappa shape index (κ2) is 7.40. The fourth-order valence-electron chi connectivity index (χ4n) is 3.38. The van der Waals surface area contributed by atoms with Gasteiger partial charge in [-0.25, -0.2) is 0 Å². The Bertz CT molecular complexity index is 864. The first-order chi connectivity index (χ1) is 12.7. The summed E-state index contributed by atoms with van der Waals surface area (Å²) in [6.45, 7) is 7.39. The number of nitrogens with zero attached hydrogens (tertiary/aromatic N) is 4. The predicted octanol–water partition coefficient (Wildman–Crippen LogP) is 3.46. The molecule has 0 bridgehead atoms. The lowest BCUT2D eigenvalue weighted by Crippen LogP contribution is -2.43. The molecular weight excluding hydrogens is 324 g/mol. The van der Waals surface area contributed by atoms with E-state index >= 15 is 0 Å². The maximum absolute atomic E-state index is 5.63. The predicted molar refractivity (Wildman–Crippen MR) is 103 cm³/mol. The van der Waals surface area contributed by atoms with Crippen molar-refractivity contribution in [2.45, 2.75) is 13.5 Å². The standard InChI is InChI=1S/C21H24N4O/c1-16-22-23-21(26-16)20-6-4-3-5-19(20)18-9-7-17(8-10-18)15-25-13-11-24(2)12-14-25/h3-10H,11-15H2,1-2H3. The molecule has 26 heavy (non-hydrogen) atoms. The van der Waals surface area contributed by atoms with Gasteiger partial charge in [-0.05, 0) is 29.8 Å². The molecule has 1 aliphatic heterocycles. The van der Waals surface area contributed by atoms with Crippen LogP contribution < -0.4 is 0 Å². The lowest BCUT2D eigenvalue weighted by atomic mass is 9.98. The third-order valence-electron chi connectivity index (χ3n) is 4.95. The third kappa shape index (κ3) is 3.69. The number of benzene rings is 2. The highest BCUT2D eigenvalue weighted by Gasteiger charge is 2.15. The lowest BCUT2D eigenvalue weighted by Gasteiger charge is -2.32. The molecule has 0 spiro atoms. The molecule has 5 nitrogen and oxygen atoms in total. The zero-order chi connectivity index (χ0) is 17.9. The Labute approximate surface area is 154 Å². The van der Waals surface area contributed by atoms with E-state index in [1.165, 1.54) is 11.1 Å². The van der Waals surface area contributed by atoms with Crippen LogP contribution in [0.2, 0.25) is 0 Å². The van der Waals surface area contributed by atoms with Gasteiger partial charge in [-0.1, -0.05) is 42.5 Å². The molecule has 5 heteroatoms. The van der Waals surface area contributed by atoms with Crippen molar-refractivity contribution < 1.29 is 4.42 Å². The second-order valence-electron chi connectivity index (χ2n) is 6.95. The van der Waals surface area contributed by atoms with Gasteiger partial charge in [0.1, 0.15) is 0 Å². The molecule has 0 amide bonds. The van der Waals surface area contributed by atoms with Crippen LogP contribution in [0.1, 0.15) is 11.5 Å². The van der Waals surface area contributed by atoms with Crippen LogP contribution in [0.5, 0.6) is 0 Å². The first kappa shape index (κ1) is 16.9. The largest absolute Gasteiger partial charge is 0.421 e. The first-order valence-electron chi connectivity index (χ1n) is 9.09. The topological polar surface area (TPSA) is 45.4 Å². The summed E-state index contributed by atoms with van der Waals surface area (Å²) in [6, 6.07) is 17.0. The number of rotatable bonds is 4. The number of hydrogen-bond acceptors (Lipinski definition) is 5. The van der Waals surface area contributed by atoms with Gasteiger partial charge in [0.05, 0.1) is 0 Å². The zero-order valence-corrected chi connectivity index (χ0v) is 15.4. The molecule has 0 N–H and O–H groups in total. The van der Waals surface area contributed by atoms with Gasteiger partial charge in [0.15, 0.2) is 0 Å². The summed E-state index contributed by atoms with van der Waals surface area (Å²) >= 11 is 0. The summed E-state index contributed by atoms with van der Waals surface area (Å²) in [5.74, 6) is 1.15. The van der Waals surface area contributed by atoms with E-state index in [0.717, 1.165) is 43.9 Å². The maximum atomic E-state index is 5.63. The van der Waals surface area contributed by atoms with Crippen molar-refractivity contribution in [3.63, 3.8) is 0 Å². The Hall–Kier alpha value is -2.50. The zero-order valence-electron chi connectivity index (χ0n) is 15.4. The summed E-state index contributed by atoms with van der Waals surface area (Å²) in [4.78, 5) is 4.90. The normalized spacial score (nSPS) is 16.1. The molecule has 4 rings (SSSR count). The first-order valence-corrected chi connectivity index (χ1v) is 9.09. The van der Waals surface area contributed by atoms with Crippen molar-refractivity contribution in [1.29, 1.82) is 0 Å². The van der Waals surface area contributed by atoms with Gasteiger partial charge >= 0.3 is 0 Å². The molecule has 0 aliphatic carbocycles. The van der Waals surface area contributed by atoms with Crippen LogP contribution in [0.15, 0.2) is 52.9 Å². The van der Waals surface area contributed by atoms with E-state index in [2.05, 4.69) is 57.4 Å². The molecule has 1 aliphatic rings. The van der Waals surface area contributed by atoms with Crippen molar-refractivity contribution in [3.8, 4) is 22.6 Å². The summed E-state index contributed by atoms with van der Waals surface area (Å²) < 4.78 is 5.63. The molecule has 1 aromatic heterocycles. The quantitative estimate of drug-likeness (QED) is 0.722. The van der Waals surface area contributed by atoms with Gasteiger partial charge in [0.25, 0.3) is 0 Å². The van der Waals surface area contributed by atoms with Crippen molar-refractivity contribution >= 4 is 0 Å². The number of likely N-dealkylation sites (N-methyl/N-ethyl adjacent to an activating group) is 1. The van der Waals surface area contributed by atoms with Gasteiger partial charge in [0, 0.05) is 45.2 Å². The van der Waals surface area contributed by atoms with Crippen molar-refractivity contribution in [1.82, 2.24) is 20.0 Å². The molecule has 134 valence electrons. The van der Waals surface area contributed by atoms with Crippen molar-refractivity contribution in [2.24, 2.45) is 0 Å². The molecule has 1 saturated heterocycles. The van der Waals surface area contributed by atoms with Crippen LogP contribution in [0.25, 0.3) is 22.6 Å². The van der Waals surface area contributed by atoms with Gasteiger partial charge in [-0.2, -0.15) is 0 Å². The monoisotopic (exact) mass is 348 g/mol. The van der Waals surface area contributed by atoms with Gasteiger partial charge < -0.3 is 9.32 Å². The average Bonchev–Trinajstić information content (AvgIpc) is 3.11. The SMILES string of the molecule is Cc1nnc(-c2ccccc2-c2ccc(CN3CCN(C)CC3)cc2)o1. The lowest BCUT2D eigenvalue weighted by molar-refractivity contribution is 0.148. The van der Waals surface area contributed by atoms with Crippen LogP contribution in [0.3, 0.4) is 0 Å². The molecule has 3 aromatic rings. The minimum atomic E-state index is 0.569. The number of piperazine rings is 1. The molecule has 2 aromatic carbocycles. The Morgan fingerprint density at radius 3 is 2.23 bits per heavy atom. The molecule has 2 heterocycles. The summed E-state index contributed by atoms with van der Waals surface area (Å²) in [5.41, 5.74) is 4.60. The second-order valence-corrected chi connectivity index (χ2v) is 6.95. The van der Waals surface area contributed by atoms with E-state index < -0.39 is 0 Å². The number of aromatic nitrogens is 2. The maximum Gasteiger partial charge on any atom is 0.248 e. The van der Waals surface area contributed by atoms with Crippen LogP contribution in [-0.4, -0.2) is 53.2 Å². The Kier molecular flexibility index (Phi) is 4.82. The van der Waals surface area contributed by atoms with Gasteiger partial charge in [-0.3, -0.25) is 4.90 Å². The van der Waals surface area contributed by atoms with E-state index in [4.69, 9.17) is 4.42 Å². The van der Waals surface area contributed by atoms with E-state index in [1.807, 2.05) is 25.1 Å². The smallest absolute Gasteiger partial charge is 0.248 e. The Morgan fingerprint density at radius 1 is 0.885 bits per heavy atom. The summed E-state index contributed by atoms with van der Waals surface area (Å²) in [7, 11) is 2.19. The Morgan fingerprint density at radius 2 is 1.58 bits per heavy atom. The van der Waals surface area contributed by atoms with E-state index in [9.17, 15) is 0 Å². The van der Waals surface area contributed by atoms with Crippen LogP contribution >= 0.6 is 0 Å². The minimum absolute atomic E-state index is 0.569. The van der Waals surface area contributed by atoms with Crippen molar-refractivity contribution in [3.05, 3.63) is 60.0 Å². The van der Waals surface area contributed by atoms with Crippen LogP contribution in [0, 0.1) is 6.92 Å². The highest BCUT2D eigenvalue weighted by atomic mass is 16.4. The van der Waals surface area contributed by atoms with Crippen LogP contribution in [0.4, 0.5) is 0 Å². The number of hydrogen-bond donors (Lipinski definition) is 0. The molecular formula is C21H24N4O. The third-order valence-corrected chi connectivity index (χ3v) is 4.95. The summed E-state index contributed by atoms with van der Waals surface area (Å²) in [5, 5.41) is 8.13. The summed E-state index contributed by atoms with van der Waals surface area (Å²) in [6.07, 6.45) is 0. The molecule has 1 fully saturated rings. The van der Waals surface area contributed by atoms with Gasteiger partial charge in [-0.15, -0.1) is 10.2 Å². The van der Waals surface area contributed by atoms with Crippen LogP contribution in [-0.2, 0) is 6.54 Å². The average molecular weight is 348 g/mol. The molecule has 0 saturated carbocycles. The molecule has 0 radical (unpaired) electrons. The highest BCUT2D eigenvalue weighted by Crippen LogP contribution is 2.31. The van der Waals surface area contributed by atoms with Crippen molar-refractivity contribution in [2.75, 3.05) is 33.2 Å². The van der Waals surface area contributed by atoms with Gasteiger partial charge in [0.2, 0.25) is 11.8 Å². The van der Waals surface area contributed by atoms with E-state index in [-0.39, 0.29) is 0 Å². The minimum Gasteiger partial charge on any atom is -0.421 e. The highest BCUT2D eigenvalue weighted by molar-refractivity contribution is 5.79. The fraction of sp³-hybridized carbons (Fsp3) is 0.333. The number of aryl methyl sites for hydroxylation is 1.